The maximum atomic E-state index is 12.8. The topological polar surface area (TPSA) is 60.5 Å². The predicted molar refractivity (Wildman–Crippen MR) is 111 cm³/mol. The van der Waals surface area contributed by atoms with Gasteiger partial charge in [-0.3, -0.25) is 4.79 Å². The molecule has 1 fully saturated rings. The summed E-state index contributed by atoms with van der Waals surface area (Å²) in [5.41, 5.74) is 2.71. The average Bonchev–Trinajstić information content (AvgIpc) is 3.12. The number of nitrogens with one attached hydrogen (secondary N) is 1. The molecule has 5 nitrogen and oxygen atoms in total. The van der Waals surface area contributed by atoms with E-state index in [-0.39, 0.29) is 11.3 Å². The molecule has 3 aromatic rings. The van der Waals surface area contributed by atoms with Crippen LogP contribution in [0.4, 0.5) is 0 Å². The smallest absolute Gasteiger partial charge is 0.251 e. The Hall–Kier alpha value is -2.44. The summed E-state index contributed by atoms with van der Waals surface area (Å²) in [6.45, 7) is 3.97. The quantitative estimate of drug-likeness (QED) is 0.706. The summed E-state index contributed by atoms with van der Waals surface area (Å²) in [4.78, 5) is 17.3. The van der Waals surface area contributed by atoms with Gasteiger partial charge in [0.25, 0.3) is 5.91 Å². The van der Waals surface area contributed by atoms with E-state index in [9.17, 15) is 4.79 Å². The van der Waals surface area contributed by atoms with Gasteiger partial charge in [0, 0.05) is 30.7 Å². The van der Waals surface area contributed by atoms with E-state index in [0.717, 1.165) is 33.8 Å². The van der Waals surface area contributed by atoms with E-state index in [4.69, 9.17) is 9.47 Å². The van der Waals surface area contributed by atoms with Gasteiger partial charge in [0.1, 0.15) is 5.75 Å². The third-order valence-electron chi connectivity index (χ3n) is 5.50. The Balaban J connectivity index is 1.53. The number of rotatable bonds is 5. The van der Waals surface area contributed by atoms with Crippen LogP contribution in [-0.4, -0.2) is 37.8 Å². The second-order valence-corrected chi connectivity index (χ2v) is 8.45. The number of amides is 1. The van der Waals surface area contributed by atoms with Crippen LogP contribution in [0.2, 0.25) is 0 Å². The standard InChI is InChI=1S/C22H24N2O3S/c1-15-24-19-8-3-16(13-20(19)28-15)21(25)23-14-22(9-11-27-12-10-22)17-4-6-18(26-2)7-5-17/h3-8,13H,9-12,14H2,1-2H3,(H,23,25). The largest absolute Gasteiger partial charge is 0.497 e. The van der Waals surface area contributed by atoms with Gasteiger partial charge < -0.3 is 14.8 Å². The van der Waals surface area contributed by atoms with E-state index in [1.807, 2.05) is 37.3 Å². The summed E-state index contributed by atoms with van der Waals surface area (Å²) in [5.74, 6) is 0.787. The normalized spacial score (nSPS) is 16.1. The lowest BCUT2D eigenvalue weighted by molar-refractivity contribution is 0.0487. The molecule has 0 spiro atoms. The van der Waals surface area contributed by atoms with Gasteiger partial charge in [0.05, 0.1) is 22.3 Å². The molecule has 4 rings (SSSR count). The van der Waals surface area contributed by atoms with Crippen molar-refractivity contribution in [3.05, 3.63) is 58.6 Å². The third-order valence-corrected chi connectivity index (χ3v) is 6.43. The fraction of sp³-hybridized carbons (Fsp3) is 0.364. The number of hydrogen-bond donors (Lipinski definition) is 1. The highest BCUT2D eigenvalue weighted by Gasteiger charge is 2.35. The Kier molecular flexibility index (Phi) is 5.33. The molecule has 1 aliphatic rings. The Labute approximate surface area is 168 Å². The van der Waals surface area contributed by atoms with Crippen molar-refractivity contribution in [2.75, 3.05) is 26.9 Å². The van der Waals surface area contributed by atoms with Crippen molar-refractivity contribution in [1.82, 2.24) is 10.3 Å². The number of aryl methyl sites for hydroxylation is 1. The summed E-state index contributed by atoms with van der Waals surface area (Å²) < 4.78 is 11.9. The van der Waals surface area contributed by atoms with E-state index in [2.05, 4.69) is 22.4 Å². The van der Waals surface area contributed by atoms with E-state index in [1.54, 1.807) is 18.4 Å². The first-order valence-corrected chi connectivity index (χ1v) is 10.3. The van der Waals surface area contributed by atoms with E-state index in [1.165, 1.54) is 5.56 Å². The summed E-state index contributed by atoms with van der Waals surface area (Å²) in [6.07, 6.45) is 1.76. The van der Waals surface area contributed by atoms with Crippen molar-refractivity contribution in [3.8, 4) is 5.75 Å². The van der Waals surface area contributed by atoms with Crippen LogP contribution in [0.15, 0.2) is 42.5 Å². The lowest BCUT2D eigenvalue weighted by Crippen LogP contribution is -2.44. The first-order chi connectivity index (χ1) is 13.6. The summed E-state index contributed by atoms with van der Waals surface area (Å²) >= 11 is 1.61. The maximum Gasteiger partial charge on any atom is 0.251 e. The highest BCUT2D eigenvalue weighted by molar-refractivity contribution is 7.18. The van der Waals surface area contributed by atoms with Gasteiger partial charge in [-0.25, -0.2) is 4.98 Å². The van der Waals surface area contributed by atoms with Crippen LogP contribution in [0.5, 0.6) is 5.75 Å². The minimum atomic E-state index is -0.120. The van der Waals surface area contributed by atoms with Gasteiger partial charge in [0.2, 0.25) is 0 Å². The second-order valence-electron chi connectivity index (χ2n) is 7.22. The minimum absolute atomic E-state index is 0.0488. The molecule has 0 unspecified atom stereocenters. The molecule has 0 radical (unpaired) electrons. The SMILES string of the molecule is COc1ccc(C2(CNC(=O)c3ccc4nc(C)sc4c3)CCOCC2)cc1. The van der Waals surface area contributed by atoms with Gasteiger partial charge in [-0.15, -0.1) is 11.3 Å². The van der Waals surface area contributed by atoms with Crippen LogP contribution < -0.4 is 10.1 Å². The van der Waals surface area contributed by atoms with Gasteiger partial charge in [0.15, 0.2) is 0 Å². The number of fused-ring (bicyclic) bond motifs is 1. The predicted octanol–water partition coefficient (Wildman–Crippen LogP) is 4.09. The Morgan fingerprint density at radius 1 is 1.21 bits per heavy atom. The molecule has 1 amide bonds. The van der Waals surface area contributed by atoms with Crippen LogP contribution in [0.3, 0.4) is 0 Å². The van der Waals surface area contributed by atoms with Crippen LogP contribution in [-0.2, 0) is 10.2 Å². The second kappa shape index (κ2) is 7.89. The number of benzene rings is 2. The summed E-state index contributed by atoms with van der Waals surface area (Å²) in [5, 5.41) is 4.17. The van der Waals surface area contributed by atoms with E-state index < -0.39 is 0 Å². The zero-order chi connectivity index (χ0) is 19.6. The van der Waals surface area contributed by atoms with Gasteiger partial charge in [-0.1, -0.05) is 12.1 Å². The van der Waals surface area contributed by atoms with Crippen molar-refractivity contribution in [1.29, 1.82) is 0 Å². The van der Waals surface area contributed by atoms with Crippen molar-refractivity contribution in [2.45, 2.75) is 25.2 Å². The number of carbonyl (C=O) groups is 1. The first kappa shape index (κ1) is 18.9. The molecule has 0 aliphatic carbocycles. The monoisotopic (exact) mass is 396 g/mol. The van der Waals surface area contributed by atoms with Gasteiger partial charge >= 0.3 is 0 Å². The summed E-state index contributed by atoms with van der Waals surface area (Å²) in [6, 6.07) is 13.9. The number of carbonyl (C=O) groups excluding carboxylic acids is 1. The molecule has 146 valence electrons. The molecule has 0 saturated carbocycles. The molecular weight excluding hydrogens is 372 g/mol. The number of ether oxygens (including phenoxy) is 2. The molecule has 28 heavy (non-hydrogen) atoms. The average molecular weight is 397 g/mol. The molecule has 1 saturated heterocycles. The number of thiazole rings is 1. The zero-order valence-electron chi connectivity index (χ0n) is 16.2. The molecule has 1 aromatic heterocycles. The van der Waals surface area contributed by atoms with Crippen LogP contribution in [0, 0.1) is 6.92 Å². The first-order valence-electron chi connectivity index (χ1n) is 9.47. The molecule has 0 bridgehead atoms. The van der Waals surface area contributed by atoms with Gasteiger partial charge in [-0.2, -0.15) is 0 Å². The van der Waals surface area contributed by atoms with Crippen LogP contribution in [0.25, 0.3) is 10.2 Å². The lowest BCUT2D eigenvalue weighted by Gasteiger charge is -2.38. The molecule has 1 N–H and O–H groups in total. The molecule has 0 atom stereocenters. The fourth-order valence-electron chi connectivity index (χ4n) is 3.81. The number of hydrogen-bond acceptors (Lipinski definition) is 5. The lowest BCUT2D eigenvalue weighted by atomic mass is 9.74. The Morgan fingerprint density at radius 2 is 1.96 bits per heavy atom. The number of methoxy groups -OCH3 is 1. The Bertz CT molecular complexity index is 975. The summed E-state index contributed by atoms with van der Waals surface area (Å²) in [7, 11) is 1.67. The third kappa shape index (κ3) is 3.75. The van der Waals surface area contributed by atoms with Gasteiger partial charge in [-0.05, 0) is 55.7 Å². The number of aromatic nitrogens is 1. The highest BCUT2D eigenvalue weighted by Crippen LogP contribution is 2.35. The van der Waals surface area contributed by atoms with Crippen LogP contribution >= 0.6 is 11.3 Å². The molecule has 6 heteroatoms. The fourth-order valence-corrected chi connectivity index (χ4v) is 4.67. The highest BCUT2D eigenvalue weighted by atomic mass is 32.1. The minimum Gasteiger partial charge on any atom is -0.497 e. The van der Waals surface area contributed by atoms with Crippen molar-refractivity contribution >= 4 is 27.5 Å². The maximum absolute atomic E-state index is 12.8. The zero-order valence-corrected chi connectivity index (χ0v) is 17.0. The van der Waals surface area contributed by atoms with E-state index >= 15 is 0 Å². The van der Waals surface area contributed by atoms with Crippen molar-refractivity contribution in [2.24, 2.45) is 0 Å². The van der Waals surface area contributed by atoms with Crippen molar-refractivity contribution in [3.63, 3.8) is 0 Å². The molecule has 2 aromatic carbocycles. The van der Waals surface area contributed by atoms with E-state index in [0.29, 0.717) is 25.3 Å². The molecule has 1 aliphatic heterocycles. The number of nitrogens with zero attached hydrogens (tertiary/aromatic N) is 1. The van der Waals surface area contributed by atoms with Crippen molar-refractivity contribution < 1.29 is 14.3 Å². The Morgan fingerprint density at radius 3 is 2.68 bits per heavy atom. The molecular formula is C22H24N2O3S. The molecule has 2 heterocycles. The van der Waals surface area contributed by atoms with Crippen LogP contribution in [0.1, 0.15) is 33.8 Å².